The fraction of sp³-hybridized carbons (Fsp3) is 0.238. The Morgan fingerprint density at radius 2 is 1.80 bits per heavy atom. The van der Waals surface area contributed by atoms with E-state index in [1.165, 1.54) is 12.1 Å². The number of carbonyl (C=O) groups is 1. The summed E-state index contributed by atoms with van der Waals surface area (Å²) in [7, 11) is 0. The Labute approximate surface area is 173 Å². The first-order valence-electron chi connectivity index (χ1n) is 9.57. The number of rotatable bonds is 4. The molecule has 3 aromatic rings. The molecule has 30 heavy (non-hydrogen) atoms. The van der Waals surface area contributed by atoms with Crippen LogP contribution in [0, 0.1) is 17.0 Å². The van der Waals surface area contributed by atoms with E-state index in [0.29, 0.717) is 43.0 Å². The van der Waals surface area contributed by atoms with Crippen LogP contribution in [0.15, 0.2) is 54.7 Å². The van der Waals surface area contributed by atoms with Crippen molar-refractivity contribution in [3.8, 4) is 11.4 Å². The summed E-state index contributed by atoms with van der Waals surface area (Å²) in [5.41, 5.74) is 2.44. The number of piperazine rings is 1. The van der Waals surface area contributed by atoms with Crippen LogP contribution in [-0.2, 0) is 0 Å². The maximum Gasteiger partial charge on any atom is 0.272 e. The first kappa shape index (κ1) is 19.4. The van der Waals surface area contributed by atoms with Gasteiger partial charge in [0, 0.05) is 49.6 Å². The molecule has 4 rings (SSSR count). The molecule has 1 aromatic carbocycles. The summed E-state index contributed by atoms with van der Waals surface area (Å²) in [6.45, 7) is 3.99. The van der Waals surface area contributed by atoms with Gasteiger partial charge in [-0.05, 0) is 43.3 Å². The Hall–Kier alpha value is -3.88. The summed E-state index contributed by atoms with van der Waals surface area (Å²) < 4.78 is 0. The van der Waals surface area contributed by atoms with E-state index in [2.05, 4.69) is 20.1 Å². The van der Waals surface area contributed by atoms with Crippen LogP contribution in [-0.4, -0.2) is 57.1 Å². The molecule has 0 bridgehead atoms. The van der Waals surface area contributed by atoms with Crippen LogP contribution in [0.1, 0.15) is 15.9 Å². The largest absolute Gasteiger partial charge is 0.352 e. The molecule has 9 heteroatoms. The van der Waals surface area contributed by atoms with E-state index in [-0.39, 0.29) is 11.6 Å². The third kappa shape index (κ3) is 3.95. The van der Waals surface area contributed by atoms with Crippen LogP contribution in [0.3, 0.4) is 0 Å². The predicted octanol–water partition coefficient (Wildman–Crippen LogP) is 2.72. The van der Waals surface area contributed by atoms with Crippen molar-refractivity contribution in [2.24, 2.45) is 0 Å². The Morgan fingerprint density at radius 3 is 2.40 bits per heavy atom. The number of hydrogen-bond donors (Lipinski definition) is 0. The second-order valence-electron chi connectivity index (χ2n) is 7.03. The first-order chi connectivity index (χ1) is 14.5. The minimum atomic E-state index is -0.442. The molecule has 0 spiro atoms. The van der Waals surface area contributed by atoms with Crippen LogP contribution in [0.2, 0.25) is 0 Å². The van der Waals surface area contributed by atoms with Crippen LogP contribution in [0.25, 0.3) is 11.4 Å². The number of benzene rings is 1. The fourth-order valence-corrected chi connectivity index (χ4v) is 3.46. The molecule has 0 N–H and O–H groups in total. The van der Waals surface area contributed by atoms with E-state index >= 15 is 0 Å². The molecule has 0 radical (unpaired) electrons. The maximum atomic E-state index is 12.8. The van der Waals surface area contributed by atoms with Crippen molar-refractivity contribution in [1.29, 1.82) is 0 Å². The number of nitro groups is 1. The van der Waals surface area contributed by atoms with Crippen molar-refractivity contribution in [3.63, 3.8) is 0 Å². The first-order valence-corrected chi connectivity index (χ1v) is 9.57. The van der Waals surface area contributed by atoms with Crippen LogP contribution < -0.4 is 4.90 Å². The van der Waals surface area contributed by atoms with Gasteiger partial charge in [-0.25, -0.2) is 0 Å². The number of nitrogens with zero attached hydrogens (tertiary/aromatic N) is 6. The van der Waals surface area contributed by atoms with Gasteiger partial charge in [-0.3, -0.25) is 19.9 Å². The summed E-state index contributed by atoms with van der Waals surface area (Å²) in [6, 6.07) is 13.9. The van der Waals surface area contributed by atoms with Gasteiger partial charge in [0.05, 0.1) is 10.6 Å². The van der Waals surface area contributed by atoms with Crippen molar-refractivity contribution in [2.45, 2.75) is 6.92 Å². The van der Waals surface area contributed by atoms with Gasteiger partial charge in [0.25, 0.3) is 11.6 Å². The Kier molecular flexibility index (Phi) is 5.34. The Bertz CT molecular complexity index is 1060. The number of amides is 1. The van der Waals surface area contributed by atoms with Gasteiger partial charge in [-0.2, -0.15) is 0 Å². The molecule has 152 valence electrons. The smallest absolute Gasteiger partial charge is 0.272 e. The van der Waals surface area contributed by atoms with Crippen molar-refractivity contribution in [1.82, 2.24) is 20.1 Å². The lowest BCUT2D eigenvalue weighted by Crippen LogP contribution is -2.49. The van der Waals surface area contributed by atoms with Crippen molar-refractivity contribution >= 4 is 17.4 Å². The summed E-state index contributed by atoms with van der Waals surface area (Å²) in [4.78, 5) is 31.4. The third-order valence-corrected chi connectivity index (χ3v) is 5.11. The summed E-state index contributed by atoms with van der Waals surface area (Å²) in [5.74, 6) is 0.636. The third-order valence-electron chi connectivity index (χ3n) is 5.11. The molecule has 9 nitrogen and oxygen atoms in total. The highest BCUT2D eigenvalue weighted by atomic mass is 16.6. The molecule has 0 aliphatic carbocycles. The predicted molar refractivity (Wildman–Crippen MR) is 111 cm³/mol. The summed E-state index contributed by atoms with van der Waals surface area (Å²) >= 11 is 0. The fourth-order valence-electron chi connectivity index (χ4n) is 3.46. The van der Waals surface area contributed by atoms with Gasteiger partial charge >= 0.3 is 0 Å². The highest BCUT2D eigenvalue weighted by Crippen LogP contribution is 2.21. The number of hydrogen-bond acceptors (Lipinski definition) is 7. The maximum absolute atomic E-state index is 12.8. The Balaban J connectivity index is 1.39. The van der Waals surface area contributed by atoms with Gasteiger partial charge in [-0.1, -0.05) is 6.07 Å². The lowest BCUT2D eigenvalue weighted by atomic mass is 10.1. The second-order valence-corrected chi connectivity index (χ2v) is 7.03. The standard InChI is InChI=1S/C21H20N6O3/c1-15-14-16(5-7-19(15)27(29)30)21(28)26-12-10-25(11-13-26)20-8-6-18(23-24-20)17-4-2-3-9-22-17/h2-9,14H,10-13H2,1H3. The summed E-state index contributed by atoms with van der Waals surface area (Å²) in [5, 5.41) is 19.5. The van der Waals surface area contributed by atoms with Crippen LogP contribution in [0.5, 0.6) is 0 Å². The number of nitro benzene ring substituents is 1. The molecule has 0 unspecified atom stereocenters. The van der Waals surface area contributed by atoms with Gasteiger partial charge in [0.2, 0.25) is 0 Å². The zero-order chi connectivity index (χ0) is 21.1. The number of aromatic nitrogens is 3. The quantitative estimate of drug-likeness (QED) is 0.486. The number of carbonyl (C=O) groups excluding carboxylic acids is 1. The van der Waals surface area contributed by atoms with Crippen LogP contribution >= 0.6 is 0 Å². The van der Waals surface area contributed by atoms with Gasteiger partial charge in [0.15, 0.2) is 5.82 Å². The monoisotopic (exact) mass is 404 g/mol. The molecule has 1 amide bonds. The lowest BCUT2D eigenvalue weighted by Gasteiger charge is -2.35. The molecule has 3 heterocycles. The highest BCUT2D eigenvalue weighted by molar-refractivity contribution is 5.95. The van der Waals surface area contributed by atoms with E-state index in [4.69, 9.17) is 0 Å². The molecule has 1 fully saturated rings. The second kappa shape index (κ2) is 8.24. The molecular formula is C21H20N6O3. The zero-order valence-electron chi connectivity index (χ0n) is 16.4. The van der Waals surface area contributed by atoms with Crippen molar-refractivity contribution in [2.75, 3.05) is 31.1 Å². The van der Waals surface area contributed by atoms with Gasteiger partial charge < -0.3 is 9.80 Å². The minimum absolute atomic E-state index is 0.0177. The molecule has 1 aliphatic rings. The molecule has 0 saturated carbocycles. The van der Waals surface area contributed by atoms with E-state index in [1.54, 1.807) is 24.1 Å². The minimum Gasteiger partial charge on any atom is -0.352 e. The number of aryl methyl sites for hydroxylation is 1. The molecular weight excluding hydrogens is 384 g/mol. The average Bonchev–Trinajstić information content (AvgIpc) is 2.79. The van der Waals surface area contributed by atoms with Gasteiger partial charge in [-0.15, -0.1) is 10.2 Å². The Morgan fingerprint density at radius 1 is 1.00 bits per heavy atom. The van der Waals surface area contributed by atoms with E-state index < -0.39 is 4.92 Å². The zero-order valence-corrected chi connectivity index (χ0v) is 16.4. The summed E-state index contributed by atoms with van der Waals surface area (Å²) in [6.07, 6.45) is 1.72. The van der Waals surface area contributed by atoms with E-state index in [1.807, 2.05) is 30.3 Å². The van der Waals surface area contributed by atoms with Crippen LogP contribution in [0.4, 0.5) is 11.5 Å². The SMILES string of the molecule is Cc1cc(C(=O)N2CCN(c3ccc(-c4ccccn4)nn3)CC2)ccc1[N+](=O)[O-]. The van der Waals surface area contributed by atoms with Crippen molar-refractivity contribution < 1.29 is 9.72 Å². The molecule has 1 saturated heterocycles. The number of pyridine rings is 1. The molecule has 0 atom stereocenters. The lowest BCUT2D eigenvalue weighted by molar-refractivity contribution is -0.385. The molecule has 2 aromatic heterocycles. The van der Waals surface area contributed by atoms with Gasteiger partial charge in [0.1, 0.15) is 5.69 Å². The normalized spacial score (nSPS) is 13.9. The molecule has 1 aliphatic heterocycles. The topological polar surface area (TPSA) is 105 Å². The highest BCUT2D eigenvalue weighted by Gasteiger charge is 2.24. The average molecular weight is 404 g/mol. The van der Waals surface area contributed by atoms with E-state index in [0.717, 1.165) is 11.5 Å². The number of anilines is 1. The van der Waals surface area contributed by atoms with Crippen molar-refractivity contribution in [3.05, 3.63) is 76.0 Å². The van der Waals surface area contributed by atoms with E-state index in [9.17, 15) is 14.9 Å².